The largest absolute Gasteiger partial charge is 0.318 e. The Labute approximate surface area is 120 Å². The zero-order valence-electron chi connectivity index (χ0n) is 12.0. The number of nitrogens with one attached hydrogen (secondary N) is 1. The smallest absolute Gasteiger partial charge is 0.0769 e. The number of aromatic nitrogens is 2. The molecule has 1 unspecified atom stereocenters. The quantitative estimate of drug-likeness (QED) is 0.903. The summed E-state index contributed by atoms with van der Waals surface area (Å²) in [6.07, 6.45) is 4.64. The number of hydrogen-bond donors (Lipinski definition) is 1. The predicted molar refractivity (Wildman–Crippen MR) is 80.9 cm³/mol. The van der Waals surface area contributed by atoms with E-state index in [2.05, 4.69) is 28.4 Å². The highest BCUT2D eigenvalue weighted by Crippen LogP contribution is 2.19. The second-order valence-corrected chi connectivity index (χ2v) is 5.41. The zero-order valence-corrected chi connectivity index (χ0v) is 12.0. The summed E-state index contributed by atoms with van der Waals surface area (Å²) in [5, 5.41) is 7.98. The molecule has 1 N–H and O–H groups in total. The summed E-state index contributed by atoms with van der Waals surface area (Å²) in [5.74, 6) is 0. The van der Waals surface area contributed by atoms with Crippen molar-refractivity contribution in [1.29, 1.82) is 0 Å². The van der Waals surface area contributed by atoms with E-state index >= 15 is 0 Å². The minimum Gasteiger partial charge on any atom is -0.318 e. The van der Waals surface area contributed by atoms with Crippen LogP contribution in [-0.2, 0) is 6.54 Å². The highest BCUT2D eigenvalue weighted by Gasteiger charge is 2.24. The lowest BCUT2D eigenvalue weighted by atomic mass is 10.2. The van der Waals surface area contributed by atoms with Crippen molar-refractivity contribution in [3.8, 4) is 5.69 Å². The number of benzene rings is 1. The van der Waals surface area contributed by atoms with Gasteiger partial charge < -0.3 is 5.32 Å². The molecule has 1 aliphatic rings. The average molecular weight is 270 g/mol. The number of rotatable bonds is 5. The van der Waals surface area contributed by atoms with Crippen LogP contribution in [0.5, 0.6) is 0 Å². The molecular weight excluding hydrogens is 248 g/mol. The van der Waals surface area contributed by atoms with E-state index in [0.717, 1.165) is 24.5 Å². The normalized spacial score (nSPS) is 19.6. The summed E-state index contributed by atoms with van der Waals surface area (Å²) in [4.78, 5) is 2.54. The Bertz CT molecular complexity index is 534. The predicted octanol–water partition coefficient (Wildman–Crippen LogP) is 2.06. The van der Waals surface area contributed by atoms with Crippen LogP contribution in [0.1, 0.15) is 18.5 Å². The van der Waals surface area contributed by atoms with Gasteiger partial charge in [0.1, 0.15) is 0 Å². The molecule has 4 nitrogen and oxygen atoms in total. The summed E-state index contributed by atoms with van der Waals surface area (Å²) in [6, 6.07) is 13.1. The van der Waals surface area contributed by atoms with Crippen LogP contribution in [0.25, 0.3) is 5.69 Å². The van der Waals surface area contributed by atoms with Crippen LogP contribution >= 0.6 is 0 Å². The molecule has 1 aliphatic heterocycles. The van der Waals surface area contributed by atoms with Crippen molar-refractivity contribution in [3.05, 3.63) is 48.3 Å². The van der Waals surface area contributed by atoms with E-state index in [-0.39, 0.29) is 0 Å². The fourth-order valence-corrected chi connectivity index (χ4v) is 2.95. The lowest BCUT2D eigenvalue weighted by Crippen LogP contribution is -2.36. The molecule has 1 saturated heterocycles. The van der Waals surface area contributed by atoms with Gasteiger partial charge in [-0.15, -0.1) is 0 Å². The number of hydrogen-bond acceptors (Lipinski definition) is 3. The second kappa shape index (κ2) is 6.20. The van der Waals surface area contributed by atoms with Crippen molar-refractivity contribution >= 4 is 0 Å². The van der Waals surface area contributed by atoms with E-state index in [1.54, 1.807) is 0 Å². The molecule has 0 aliphatic carbocycles. The summed E-state index contributed by atoms with van der Waals surface area (Å²) in [6.45, 7) is 3.20. The monoisotopic (exact) mass is 270 g/mol. The van der Waals surface area contributed by atoms with Gasteiger partial charge in [0.25, 0.3) is 0 Å². The first-order chi connectivity index (χ1) is 9.86. The molecule has 3 rings (SSSR count). The highest BCUT2D eigenvalue weighted by molar-refractivity contribution is 5.30. The molecule has 0 saturated carbocycles. The summed E-state index contributed by atoms with van der Waals surface area (Å²) < 4.78 is 1.96. The maximum absolute atomic E-state index is 4.69. The SMILES string of the molecule is CNCC1CCCN1Cc1ccn(-c2ccccc2)n1. The Morgan fingerprint density at radius 1 is 1.25 bits per heavy atom. The maximum Gasteiger partial charge on any atom is 0.0769 e. The summed E-state index contributed by atoms with van der Waals surface area (Å²) in [7, 11) is 2.03. The lowest BCUT2D eigenvalue weighted by molar-refractivity contribution is 0.239. The van der Waals surface area contributed by atoms with Crippen LogP contribution < -0.4 is 5.32 Å². The van der Waals surface area contributed by atoms with Crippen LogP contribution in [0.4, 0.5) is 0 Å². The minimum absolute atomic E-state index is 0.655. The molecule has 1 fully saturated rings. The van der Waals surface area contributed by atoms with E-state index < -0.39 is 0 Å². The van der Waals surface area contributed by atoms with E-state index in [4.69, 9.17) is 5.10 Å². The summed E-state index contributed by atoms with van der Waals surface area (Å²) >= 11 is 0. The third-order valence-electron chi connectivity index (χ3n) is 3.97. The third-order valence-corrected chi connectivity index (χ3v) is 3.97. The summed E-state index contributed by atoms with van der Waals surface area (Å²) in [5.41, 5.74) is 2.27. The van der Waals surface area contributed by atoms with Gasteiger partial charge in [-0.3, -0.25) is 4.90 Å². The van der Waals surface area contributed by atoms with Gasteiger partial charge in [-0.25, -0.2) is 4.68 Å². The Morgan fingerprint density at radius 3 is 2.90 bits per heavy atom. The second-order valence-electron chi connectivity index (χ2n) is 5.41. The Morgan fingerprint density at radius 2 is 2.10 bits per heavy atom. The van der Waals surface area contributed by atoms with E-state index in [1.165, 1.54) is 19.4 Å². The maximum atomic E-state index is 4.69. The molecule has 4 heteroatoms. The van der Waals surface area contributed by atoms with Crippen LogP contribution in [-0.4, -0.2) is 40.9 Å². The number of nitrogens with zero attached hydrogens (tertiary/aromatic N) is 3. The average Bonchev–Trinajstić information content (AvgIpc) is 3.11. The van der Waals surface area contributed by atoms with Crippen molar-refractivity contribution in [2.24, 2.45) is 0 Å². The van der Waals surface area contributed by atoms with Crippen molar-refractivity contribution in [2.45, 2.75) is 25.4 Å². The molecule has 0 radical (unpaired) electrons. The molecule has 106 valence electrons. The first kappa shape index (κ1) is 13.3. The fourth-order valence-electron chi connectivity index (χ4n) is 2.95. The van der Waals surface area contributed by atoms with Crippen molar-refractivity contribution < 1.29 is 0 Å². The van der Waals surface area contributed by atoms with Crippen LogP contribution in [0.3, 0.4) is 0 Å². The molecule has 0 spiro atoms. The number of para-hydroxylation sites is 1. The van der Waals surface area contributed by atoms with E-state index in [1.807, 2.05) is 36.1 Å². The van der Waals surface area contributed by atoms with Gasteiger partial charge in [0.05, 0.1) is 11.4 Å². The first-order valence-electron chi connectivity index (χ1n) is 7.35. The van der Waals surface area contributed by atoms with E-state index in [0.29, 0.717) is 6.04 Å². The molecule has 20 heavy (non-hydrogen) atoms. The molecule has 0 amide bonds. The fraction of sp³-hybridized carbons (Fsp3) is 0.438. The molecular formula is C16H22N4. The number of likely N-dealkylation sites (tertiary alicyclic amines) is 1. The van der Waals surface area contributed by atoms with Gasteiger partial charge in [-0.1, -0.05) is 18.2 Å². The first-order valence-corrected chi connectivity index (χ1v) is 7.35. The molecule has 1 aromatic heterocycles. The Kier molecular flexibility index (Phi) is 4.14. The van der Waals surface area contributed by atoms with Crippen molar-refractivity contribution in [3.63, 3.8) is 0 Å². The van der Waals surface area contributed by atoms with Crippen LogP contribution in [0.15, 0.2) is 42.6 Å². The Balaban J connectivity index is 1.68. The third kappa shape index (κ3) is 2.92. The zero-order chi connectivity index (χ0) is 13.8. The van der Waals surface area contributed by atoms with Crippen molar-refractivity contribution in [2.75, 3.05) is 20.1 Å². The van der Waals surface area contributed by atoms with Gasteiger partial charge >= 0.3 is 0 Å². The lowest BCUT2D eigenvalue weighted by Gasteiger charge is -2.23. The van der Waals surface area contributed by atoms with E-state index in [9.17, 15) is 0 Å². The number of likely N-dealkylation sites (N-methyl/N-ethyl adjacent to an activating group) is 1. The van der Waals surface area contributed by atoms with Crippen LogP contribution in [0.2, 0.25) is 0 Å². The van der Waals surface area contributed by atoms with Gasteiger partial charge in [0, 0.05) is 25.3 Å². The van der Waals surface area contributed by atoms with Crippen LogP contribution in [0, 0.1) is 0 Å². The minimum atomic E-state index is 0.655. The molecule has 2 heterocycles. The van der Waals surface area contributed by atoms with Gasteiger partial charge in [-0.2, -0.15) is 5.10 Å². The Hall–Kier alpha value is -1.65. The molecule has 1 atom stereocenters. The topological polar surface area (TPSA) is 33.1 Å². The van der Waals surface area contributed by atoms with Gasteiger partial charge in [-0.05, 0) is 44.6 Å². The molecule has 1 aromatic carbocycles. The molecule has 0 bridgehead atoms. The van der Waals surface area contributed by atoms with Crippen molar-refractivity contribution in [1.82, 2.24) is 20.0 Å². The van der Waals surface area contributed by atoms with Gasteiger partial charge in [0.2, 0.25) is 0 Å². The molecule has 2 aromatic rings. The van der Waals surface area contributed by atoms with Gasteiger partial charge in [0.15, 0.2) is 0 Å². The standard InChI is InChI=1S/C16H22N4/c1-17-12-16-8-5-10-19(16)13-14-9-11-20(18-14)15-6-3-2-4-7-15/h2-4,6-7,9,11,16-17H,5,8,10,12-13H2,1H3. The highest BCUT2D eigenvalue weighted by atomic mass is 15.3.